The van der Waals surface area contributed by atoms with Gasteiger partial charge in [-0.25, -0.2) is 9.67 Å². The van der Waals surface area contributed by atoms with Gasteiger partial charge < -0.3 is 5.73 Å². The molecule has 0 saturated carbocycles. The Balaban J connectivity index is 2.57. The monoisotopic (exact) mass is 186 g/mol. The normalized spacial score (nSPS) is 13.3. The highest BCUT2D eigenvalue weighted by Crippen LogP contribution is 2.14. The molecule has 2 N–H and O–H groups in total. The Kier molecular flexibility index (Phi) is 3.11. The lowest BCUT2D eigenvalue weighted by molar-refractivity contribution is 0.681. The van der Waals surface area contributed by atoms with Crippen molar-refractivity contribution in [1.29, 1.82) is 0 Å². The Morgan fingerprint density at radius 1 is 1.67 bits per heavy atom. The van der Waals surface area contributed by atoms with Crippen LogP contribution in [0.3, 0.4) is 0 Å². The van der Waals surface area contributed by atoms with Crippen LogP contribution in [-0.4, -0.2) is 26.6 Å². The molecule has 12 heavy (non-hydrogen) atoms. The van der Waals surface area contributed by atoms with Crippen LogP contribution in [0.15, 0.2) is 5.16 Å². The third-order valence-electron chi connectivity index (χ3n) is 1.30. The van der Waals surface area contributed by atoms with Gasteiger partial charge in [0.05, 0.1) is 0 Å². The van der Waals surface area contributed by atoms with Gasteiger partial charge in [0.25, 0.3) is 0 Å². The maximum absolute atomic E-state index is 5.62. The van der Waals surface area contributed by atoms with Gasteiger partial charge in [0.1, 0.15) is 5.82 Å². The summed E-state index contributed by atoms with van der Waals surface area (Å²) in [7, 11) is 1.89. The van der Waals surface area contributed by atoms with Crippen LogP contribution in [0, 0.1) is 6.92 Å². The molecule has 1 rings (SSSR count). The second-order valence-electron chi connectivity index (χ2n) is 2.85. The van der Waals surface area contributed by atoms with Crippen molar-refractivity contribution in [3.8, 4) is 0 Å². The molecule has 5 heteroatoms. The quantitative estimate of drug-likeness (QED) is 0.701. The van der Waals surface area contributed by atoms with E-state index in [4.69, 9.17) is 5.73 Å². The fraction of sp³-hybridized carbons (Fsp3) is 0.714. The highest BCUT2D eigenvalue weighted by atomic mass is 32.2. The van der Waals surface area contributed by atoms with Gasteiger partial charge in [-0.3, -0.25) is 0 Å². The molecule has 1 unspecified atom stereocenters. The lowest BCUT2D eigenvalue weighted by atomic mass is 10.4. The molecule has 0 bridgehead atoms. The van der Waals surface area contributed by atoms with Crippen molar-refractivity contribution in [1.82, 2.24) is 14.8 Å². The summed E-state index contributed by atoms with van der Waals surface area (Å²) in [5, 5.41) is 5.07. The lowest BCUT2D eigenvalue weighted by Crippen LogP contribution is -2.17. The van der Waals surface area contributed by atoms with E-state index >= 15 is 0 Å². The molecule has 0 fully saturated rings. The molecule has 0 aliphatic carbocycles. The Labute approximate surface area is 76.5 Å². The molecule has 1 heterocycles. The van der Waals surface area contributed by atoms with Crippen molar-refractivity contribution in [2.45, 2.75) is 25.0 Å². The molecule has 0 aromatic carbocycles. The first-order chi connectivity index (χ1) is 5.59. The Bertz CT molecular complexity index is 256. The molecule has 0 spiro atoms. The molecule has 0 aliphatic rings. The summed E-state index contributed by atoms with van der Waals surface area (Å²) in [5.41, 5.74) is 5.62. The Morgan fingerprint density at radius 2 is 2.33 bits per heavy atom. The van der Waals surface area contributed by atoms with E-state index in [1.807, 2.05) is 20.9 Å². The van der Waals surface area contributed by atoms with Crippen LogP contribution in [-0.2, 0) is 7.05 Å². The summed E-state index contributed by atoms with van der Waals surface area (Å²) in [6.07, 6.45) is 0. The van der Waals surface area contributed by atoms with E-state index < -0.39 is 0 Å². The largest absolute Gasteiger partial charge is 0.327 e. The highest BCUT2D eigenvalue weighted by Gasteiger charge is 2.04. The summed E-state index contributed by atoms with van der Waals surface area (Å²) in [5.74, 6) is 1.69. The average Bonchev–Trinajstić information content (AvgIpc) is 2.26. The van der Waals surface area contributed by atoms with E-state index in [2.05, 4.69) is 10.1 Å². The second-order valence-corrected chi connectivity index (χ2v) is 3.84. The van der Waals surface area contributed by atoms with Gasteiger partial charge in [0.2, 0.25) is 0 Å². The van der Waals surface area contributed by atoms with Gasteiger partial charge in [-0.1, -0.05) is 11.8 Å². The number of nitrogens with zero attached hydrogens (tertiary/aromatic N) is 3. The molecule has 4 nitrogen and oxygen atoms in total. The van der Waals surface area contributed by atoms with Gasteiger partial charge in [0.15, 0.2) is 5.16 Å². The molecule has 0 saturated heterocycles. The predicted octanol–water partition coefficient (Wildman–Crippen LogP) is 0.563. The zero-order valence-corrected chi connectivity index (χ0v) is 8.43. The van der Waals surface area contributed by atoms with Crippen molar-refractivity contribution >= 4 is 11.8 Å². The van der Waals surface area contributed by atoms with Crippen molar-refractivity contribution in [2.75, 3.05) is 5.75 Å². The van der Waals surface area contributed by atoms with E-state index in [-0.39, 0.29) is 6.04 Å². The Hall–Kier alpha value is -0.550. The van der Waals surface area contributed by atoms with Crippen LogP contribution in [0.2, 0.25) is 0 Å². The van der Waals surface area contributed by atoms with Crippen molar-refractivity contribution in [2.24, 2.45) is 12.8 Å². The topological polar surface area (TPSA) is 56.7 Å². The van der Waals surface area contributed by atoms with E-state index in [0.29, 0.717) is 0 Å². The summed E-state index contributed by atoms with van der Waals surface area (Å²) >= 11 is 1.64. The van der Waals surface area contributed by atoms with Crippen molar-refractivity contribution < 1.29 is 0 Å². The van der Waals surface area contributed by atoms with Gasteiger partial charge in [-0.2, -0.15) is 5.10 Å². The smallest absolute Gasteiger partial charge is 0.186 e. The molecular weight excluding hydrogens is 172 g/mol. The third-order valence-corrected chi connectivity index (χ3v) is 2.61. The number of thioether (sulfide) groups is 1. The summed E-state index contributed by atoms with van der Waals surface area (Å²) < 4.78 is 1.78. The fourth-order valence-electron chi connectivity index (χ4n) is 0.825. The van der Waals surface area contributed by atoms with Gasteiger partial charge in [-0.05, 0) is 13.8 Å². The second kappa shape index (κ2) is 3.91. The molecular formula is C7H14N4S. The van der Waals surface area contributed by atoms with E-state index in [1.165, 1.54) is 0 Å². The fourth-order valence-corrected chi connectivity index (χ4v) is 1.66. The number of rotatable bonds is 3. The van der Waals surface area contributed by atoms with Crippen LogP contribution in [0.4, 0.5) is 0 Å². The number of hydrogen-bond donors (Lipinski definition) is 1. The zero-order valence-electron chi connectivity index (χ0n) is 7.61. The number of aromatic nitrogens is 3. The molecule has 1 aromatic heterocycles. The Morgan fingerprint density at radius 3 is 2.75 bits per heavy atom. The number of aryl methyl sites for hydroxylation is 2. The van der Waals surface area contributed by atoms with Crippen LogP contribution in [0.5, 0.6) is 0 Å². The van der Waals surface area contributed by atoms with E-state index in [1.54, 1.807) is 16.4 Å². The summed E-state index contributed by atoms with van der Waals surface area (Å²) in [6, 6.07) is 0.201. The standard InChI is InChI=1S/C7H14N4S/c1-5(8)4-12-7-9-6(2)10-11(7)3/h5H,4,8H2,1-3H3. The van der Waals surface area contributed by atoms with Crippen LogP contribution < -0.4 is 5.73 Å². The molecule has 0 aliphatic heterocycles. The first-order valence-electron chi connectivity index (χ1n) is 3.85. The van der Waals surface area contributed by atoms with Crippen LogP contribution >= 0.6 is 11.8 Å². The first-order valence-corrected chi connectivity index (χ1v) is 4.84. The number of nitrogens with two attached hydrogens (primary N) is 1. The van der Waals surface area contributed by atoms with Crippen molar-refractivity contribution in [3.05, 3.63) is 5.82 Å². The zero-order chi connectivity index (χ0) is 9.14. The highest BCUT2D eigenvalue weighted by molar-refractivity contribution is 7.99. The maximum Gasteiger partial charge on any atom is 0.186 e. The first kappa shape index (κ1) is 9.54. The molecule has 0 radical (unpaired) electrons. The molecule has 1 aromatic rings. The SMILES string of the molecule is Cc1nc(SCC(C)N)n(C)n1. The summed E-state index contributed by atoms with van der Waals surface area (Å²) in [4.78, 5) is 4.24. The average molecular weight is 186 g/mol. The molecule has 0 amide bonds. The maximum atomic E-state index is 5.62. The minimum atomic E-state index is 0.201. The minimum Gasteiger partial charge on any atom is -0.327 e. The van der Waals surface area contributed by atoms with E-state index in [0.717, 1.165) is 16.7 Å². The van der Waals surface area contributed by atoms with Crippen LogP contribution in [0.1, 0.15) is 12.7 Å². The lowest BCUT2D eigenvalue weighted by Gasteiger charge is -2.02. The van der Waals surface area contributed by atoms with Gasteiger partial charge >= 0.3 is 0 Å². The predicted molar refractivity (Wildman–Crippen MR) is 50.1 cm³/mol. The van der Waals surface area contributed by atoms with Crippen LogP contribution in [0.25, 0.3) is 0 Å². The summed E-state index contributed by atoms with van der Waals surface area (Å²) in [6.45, 7) is 3.87. The molecule has 68 valence electrons. The van der Waals surface area contributed by atoms with Crippen molar-refractivity contribution in [3.63, 3.8) is 0 Å². The van der Waals surface area contributed by atoms with E-state index in [9.17, 15) is 0 Å². The minimum absolute atomic E-state index is 0.201. The van der Waals surface area contributed by atoms with Gasteiger partial charge in [0, 0.05) is 18.8 Å². The third kappa shape index (κ3) is 2.49. The number of hydrogen-bond acceptors (Lipinski definition) is 4. The molecule has 1 atom stereocenters. The van der Waals surface area contributed by atoms with Gasteiger partial charge in [-0.15, -0.1) is 0 Å².